The zero-order valence-corrected chi connectivity index (χ0v) is 10.7. The number of rotatable bonds is 1. The second-order valence-electron chi connectivity index (χ2n) is 5.26. The van der Waals surface area contributed by atoms with Crippen molar-refractivity contribution in [2.75, 3.05) is 0 Å². The molecule has 0 N–H and O–H groups in total. The molecule has 1 aliphatic heterocycles. The van der Waals surface area contributed by atoms with Crippen LogP contribution in [0.3, 0.4) is 0 Å². The summed E-state index contributed by atoms with van der Waals surface area (Å²) in [4.78, 5) is 11.8. The molecule has 0 saturated heterocycles. The van der Waals surface area contributed by atoms with Gasteiger partial charge in [0.25, 0.3) is 0 Å². The molecule has 1 aliphatic carbocycles. The molecule has 1 aromatic carbocycles. The lowest BCUT2D eigenvalue weighted by atomic mass is 9.74. The van der Waals surface area contributed by atoms with Gasteiger partial charge in [0.2, 0.25) is 0 Å². The van der Waals surface area contributed by atoms with Gasteiger partial charge in [-0.3, -0.25) is 0 Å². The quantitative estimate of drug-likeness (QED) is 0.704. The first-order valence-corrected chi connectivity index (χ1v) is 6.74. The van der Waals surface area contributed by atoms with Crippen molar-refractivity contribution in [3.8, 4) is 0 Å². The van der Waals surface area contributed by atoms with Crippen LogP contribution in [0.25, 0.3) is 0 Å². The van der Waals surface area contributed by atoms with Gasteiger partial charge in [0.15, 0.2) is 0 Å². The fourth-order valence-corrected chi connectivity index (χ4v) is 3.24. The van der Waals surface area contributed by atoms with Crippen molar-refractivity contribution < 1.29 is 9.53 Å². The molecule has 1 spiro atoms. The van der Waals surface area contributed by atoms with Crippen molar-refractivity contribution in [3.63, 3.8) is 0 Å². The molecule has 0 amide bonds. The molecule has 0 bridgehead atoms. The average Bonchev–Trinajstić information content (AvgIpc) is 2.38. The molecule has 94 valence electrons. The third kappa shape index (κ3) is 1.76. The minimum Gasteiger partial charge on any atom is -0.451 e. The van der Waals surface area contributed by atoms with E-state index in [9.17, 15) is 4.79 Å². The number of fused-ring (bicyclic) bond motifs is 2. The van der Waals surface area contributed by atoms with Crippen molar-refractivity contribution >= 4 is 5.97 Å². The van der Waals surface area contributed by atoms with Gasteiger partial charge in [-0.25, -0.2) is 4.79 Å². The van der Waals surface area contributed by atoms with E-state index in [1.54, 1.807) is 6.08 Å². The lowest BCUT2D eigenvalue weighted by Gasteiger charge is -2.41. The molecule has 1 heterocycles. The van der Waals surface area contributed by atoms with Crippen LogP contribution in [-0.2, 0) is 21.6 Å². The van der Waals surface area contributed by atoms with Crippen LogP contribution in [0.15, 0.2) is 35.9 Å². The maximum absolute atomic E-state index is 11.8. The molecular formula is C16H18O2. The molecule has 0 fully saturated rings. The average molecular weight is 242 g/mol. The molecule has 1 atom stereocenters. The van der Waals surface area contributed by atoms with Crippen LogP contribution in [0.2, 0.25) is 0 Å². The summed E-state index contributed by atoms with van der Waals surface area (Å²) in [5.74, 6) is -0.171. The highest BCUT2D eigenvalue weighted by atomic mass is 16.6. The number of carbonyl (C=O) groups excluding carboxylic acids is 1. The zero-order valence-electron chi connectivity index (χ0n) is 10.7. The minimum absolute atomic E-state index is 0.171. The Bertz CT molecular complexity index is 516. The van der Waals surface area contributed by atoms with Crippen LogP contribution < -0.4 is 0 Å². The van der Waals surface area contributed by atoms with Gasteiger partial charge in [-0.05, 0) is 36.8 Å². The normalized spacial score (nSPS) is 26.5. The van der Waals surface area contributed by atoms with E-state index in [-0.39, 0.29) is 11.6 Å². The number of hydrogen-bond acceptors (Lipinski definition) is 2. The topological polar surface area (TPSA) is 26.3 Å². The molecule has 2 aliphatic rings. The number of aryl methyl sites for hydroxylation is 1. The predicted octanol–water partition coefficient (Wildman–Crippen LogP) is 3.50. The van der Waals surface area contributed by atoms with Gasteiger partial charge in [0.1, 0.15) is 5.60 Å². The summed E-state index contributed by atoms with van der Waals surface area (Å²) in [6.45, 7) is 2.10. The first kappa shape index (κ1) is 11.5. The fraction of sp³-hybridized carbons (Fsp3) is 0.438. The lowest BCUT2D eigenvalue weighted by Crippen LogP contribution is -2.38. The molecular weight excluding hydrogens is 224 g/mol. The van der Waals surface area contributed by atoms with E-state index in [0.29, 0.717) is 0 Å². The van der Waals surface area contributed by atoms with Crippen LogP contribution >= 0.6 is 0 Å². The summed E-state index contributed by atoms with van der Waals surface area (Å²) in [7, 11) is 0. The van der Waals surface area contributed by atoms with E-state index < -0.39 is 0 Å². The van der Waals surface area contributed by atoms with E-state index in [0.717, 1.165) is 32.1 Å². The Morgan fingerprint density at radius 3 is 3.00 bits per heavy atom. The number of ether oxygens (including phenoxy) is 1. The van der Waals surface area contributed by atoms with Crippen LogP contribution in [-0.4, -0.2) is 5.97 Å². The molecule has 18 heavy (non-hydrogen) atoms. The van der Waals surface area contributed by atoms with Gasteiger partial charge < -0.3 is 4.74 Å². The van der Waals surface area contributed by atoms with Gasteiger partial charge in [-0.1, -0.05) is 36.8 Å². The highest BCUT2D eigenvalue weighted by Crippen LogP contribution is 2.45. The summed E-state index contributed by atoms with van der Waals surface area (Å²) in [6, 6.07) is 8.40. The largest absolute Gasteiger partial charge is 0.451 e. The zero-order chi connectivity index (χ0) is 12.6. The molecule has 3 rings (SSSR count). The number of benzene rings is 1. The standard InChI is InChI=1S/C16H18O2/c1-2-12-10-15(17)18-16(11-12)9-5-7-13-6-3-4-8-14(13)16/h3-4,6,8,10H,2,5,7,9,11H2,1H3. The summed E-state index contributed by atoms with van der Waals surface area (Å²) in [5.41, 5.74) is 3.40. The van der Waals surface area contributed by atoms with Gasteiger partial charge in [-0.2, -0.15) is 0 Å². The van der Waals surface area contributed by atoms with Crippen molar-refractivity contribution in [1.82, 2.24) is 0 Å². The fourth-order valence-electron chi connectivity index (χ4n) is 3.24. The Hall–Kier alpha value is -1.57. The molecule has 2 nitrogen and oxygen atoms in total. The maximum atomic E-state index is 11.8. The Balaban J connectivity index is 2.07. The smallest absolute Gasteiger partial charge is 0.331 e. The molecule has 0 saturated carbocycles. The summed E-state index contributed by atoms with van der Waals surface area (Å²) >= 11 is 0. The van der Waals surface area contributed by atoms with Crippen molar-refractivity contribution in [3.05, 3.63) is 47.0 Å². The first-order chi connectivity index (χ1) is 8.73. The third-order valence-corrected chi connectivity index (χ3v) is 4.12. The maximum Gasteiger partial charge on any atom is 0.331 e. The second kappa shape index (κ2) is 4.27. The molecule has 1 unspecified atom stereocenters. The van der Waals surface area contributed by atoms with Gasteiger partial charge >= 0.3 is 5.97 Å². The van der Waals surface area contributed by atoms with Crippen molar-refractivity contribution in [2.45, 2.75) is 44.6 Å². The summed E-state index contributed by atoms with van der Waals surface area (Å²) < 4.78 is 5.76. The Kier molecular flexibility index (Phi) is 2.73. The van der Waals surface area contributed by atoms with Gasteiger partial charge in [0, 0.05) is 12.5 Å². The number of carbonyl (C=O) groups is 1. The van der Waals surface area contributed by atoms with Crippen LogP contribution in [0.5, 0.6) is 0 Å². The van der Waals surface area contributed by atoms with Crippen molar-refractivity contribution in [2.24, 2.45) is 0 Å². The van der Waals surface area contributed by atoms with E-state index in [1.165, 1.54) is 16.7 Å². The van der Waals surface area contributed by atoms with E-state index >= 15 is 0 Å². The summed E-state index contributed by atoms with van der Waals surface area (Å²) in [5, 5.41) is 0. The third-order valence-electron chi connectivity index (χ3n) is 4.12. The molecule has 1 aromatic rings. The lowest BCUT2D eigenvalue weighted by molar-refractivity contribution is -0.159. The molecule has 0 radical (unpaired) electrons. The summed E-state index contributed by atoms with van der Waals surface area (Å²) in [6.07, 6.45) is 6.61. The molecule has 0 aromatic heterocycles. The highest BCUT2D eigenvalue weighted by molar-refractivity contribution is 5.84. The Morgan fingerprint density at radius 2 is 2.17 bits per heavy atom. The Morgan fingerprint density at radius 1 is 1.33 bits per heavy atom. The van der Waals surface area contributed by atoms with Crippen LogP contribution in [0.4, 0.5) is 0 Å². The second-order valence-corrected chi connectivity index (χ2v) is 5.26. The monoisotopic (exact) mass is 242 g/mol. The van der Waals surface area contributed by atoms with E-state index in [2.05, 4.69) is 25.1 Å². The van der Waals surface area contributed by atoms with E-state index in [1.807, 2.05) is 6.07 Å². The van der Waals surface area contributed by atoms with E-state index in [4.69, 9.17) is 4.74 Å². The van der Waals surface area contributed by atoms with Gasteiger partial charge in [-0.15, -0.1) is 0 Å². The van der Waals surface area contributed by atoms with Crippen molar-refractivity contribution in [1.29, 1.82) is 0 Å². The highest BCUT2D eigenvalue weighted by Gasteiger charge is 2.42. The van der Waals surface area contributed by atoms with Gasteiger partial charge in [0.05, 0.1) is 0 Å². The van der Waals surface area contributed by atoms with Crippen LogP contribution in [0, 0.1) is 0 Å². The molecule has 2 heteroatoms. The Labute approximate surface area is 108 Å². The minimum atomic E-state index is -0.383. The first-order valence-electron chi connectivity index (χ1n) is 6.74. The number of esters is 1. The SMILES string of the molecule is CCC1=CC(=O)OC2(CCCc3ccccc32)C1. The van der Waals surface area contributed by atoms with Crippen LogP contribution in [0.1, 0.15) is 43.7 Å². The number of hydrogen-bond donors (Lipinski definition) is 0. The predicted molar refractivity (Wildman–Crippen MR) is 70.1 cm³/mol.